The van der Waals surface area contributed by atoms with Crippen LogP contribution in [0.4, 0.5) is 0 Å². The van der Waals surface area contributed by atoms with Crippen LogP contribution in [0.15, 0.2) is 6.33 Å². The van der Waals surface area contributed by atoms with E-state index < -0.39 is 0 Å². The molecular formula is C14H20ClN5O. The highest BCUT2D eigenvalue weighted by Gasteiger charge is 2.27. The Morgan fingerprint density at radius 3 is 2.90 bits per heavy atom. The van der Waals surface area contributed by atoms with Gasteiger partial charge in [0.25, 0.3) is 0 Å². The van der Waals surface area contributed by atoms with Gasteiger partial charge in [0.05, 0.1) is 12.5 Å². The number of methoxy groups -OCH3 is 1. The predicted octanol–water partition coefficient (Wildman–Crippen LogP) is 2.40. The maximum atomic E-state index is 6.34. The second kappa shape index (κ2) is 5.77. The molecule has 0 aromatic carbocycles. The molecule has 2 aromatic heterocycles. The summed E-state index contributed by atoms with van der Waals surface area (Å²) in [5.74, 6) is 1.34. The molecule has 0 amide bonds. The van der Waals surface area contributed by atoms with Gasteiger partial charge in [0.2, 0.25) is 5.88 Å². The van der Waals surface area contributed by atoms with E-state index in [4.69, 9.17) is 16.3 Å². The molecule has 1 aliphatic heterocycles. The number of fused-ring (bicyclic) bond motifs is 1. The number of imidazole rings is 1. The molecule has 114 valence electrons. The number of piperidine rings is 1. The lowest BCUT2D eigenvalue weighted by atomic mass is 10.1. The first-order valence-electron chi connectivity index (χ1n) is 7.21. The lowest BCUT2D eigenvalue weighted by Crippen LogP contribution is -2.34. The van der Waals surface area contributed by atoms with Crippen molar-refractivity contribution in [1.82, 2.24) is 24.4 Å². The summed E-state index contributed by atoms with van der Waals surface area (Å²) in [6.07, 6.45) is 3.80. The van der Waals surface area contributed by atoms with Gasteiger partial charge in [-0.1, -0.05) is 0 Å². The Morgan fingerprint density at radius 1 is 1.43 bits per heavy atom. The van der Waals surface area contributed by atoms with E-state index in [1.54, 1.807) is 7.11 Å². The molecule has 0 aliphatic carbocycles. The number of rotatable bonds is 3. The van der Waals surface area contributed by atoms with Crippen LogP contribution in [0, 0.1) is 0 Å². The van der Waals surface area contributed by atoms with Crippen LogP contribution >= 0.6 is 11.6 Å². The Kier molecular flexibility index (Phi) is 3.99. The van der Waals surface area contributed by atoms with Crippen molar-refractivity contribution < 1.29 is 4.74 Å². The Labute approximate surface area is 129 Å². The molecule has 0 N–H and O–H groups in total. The van der Waals surface area contributed by atoms with Crippen molar-refractivity contribution in [2.45, 2.75) is 31.2 Å². The summed E-state index contributed by atoms with van der Waals surface area (Å²) in [5.41, 5.74) is 1.50. The standard InChI is InChI=1S/C14H20ClN5O/c1-9(15)12-18-11-13(16-8-17-14(11)21-3)20(12)10-5-4-6-19(2)7-10/h8-10H,4-7H2,1-3H3. The summed E-state index contributed by atoms with van der Waals surface area (Å²) in [6.45, 7) is 4.05. The fourth-order valence-corrected chi connectivity index (χ4v) is 3.20. The van der Waals surface area contributed by atoms with Gasteiger partial charge in [-0.2, -0.15) is 4.98 Å². The van der Waals surface area contributed by atoms with Crippen molar-refractivity contribution in [3.8, 4) is 5.88 Å². The molecule has 2 atom stereocenters. The summed E-state index contributed by atoms with van der Waals surface area (Å²) in [4.78, 5) is 15.5. The number of aromatic nitrogens is 4. The molecule has 0 radical (unpaired) electrons. The molecule has 7 heteroatoms. The van der Waals surface area contributed by atoms with Crippen LogP contribution in [0.1, 0.15) is 37.0 Å². The van der Waals surface area contributed by atoms with E-state index in [-0.39, 0.29) is 5.38 Å². The van der Waals surface area contributed by atoms with Crippen molar-refractivity contribution in [2.75, 3.05) is 27.2 Å². The van der Waals surface area contributed by atoms with E-state index in [0.717, 1.165) is 31.0 Å². The largest absolute Gasteiger partial charge is 0.479 e. The Balaban J connectivity index is 2.16. The number of alkyl halides is 1. The monoisotopic (exact) mass is 309 g/mol. The van der Waals surface area contributed by atoms with Crippen LogP contribution in [-0.2, 0) is 0 Å². The second-order valence-electron chi connectivity index (χ2n) is 5.57. The van der Waals surface area contributed by atoms with Crippen LogP contribution in [0.2, 0.25) is 0 Å². The van der Waals surface area contributed by atoms with E-state index in [1.165, 1.54) is 12.7 Å². The topological polar surface area (TPSA) is 56.1 Å². The molecule has 1 aliphatic rings. The first-order valence-corrected chi connectivity index (χ1v) is 7.65. The first kappa shape index (κ1) is 14.5. The number of likely N-dealkylation sites (N-methyl/N-ethyl adjacent to an activating group) is 1. The molecule has 3 heterocycles. The number of hydrogen-bond donors (Lipinski definition) is 0. The van der Waals surface area contributed by atoms with E-state index >= 15 is 0 Å². The molecule has 21 heavy (non-hydrogen) atoms. The number of halogens is 1. The van der Waals surface area contributed by atoms with Gasteiger partial charge in [-0.3, -0.25) is 0 Å². The summed E-state index contributed by atoms with van der Waals surface area (Å²) < 4.78 is 7.48. The molecule has 1 fully saturated rings. The van der Waals surface area contributed by atoms with Gasteiger partial charge >= 0.3 is 0 Å². The SMILES string of the molecule is COc1ncnc2c1nc(C(C)Cl)n2C1CCCN(C)C1. The quantitative estimate of drug-likeness (QED) is 0.815. The molecule has 0 saturated carbocycles. The maximum Gasteiger partial charge on any atom is 0.245 e. The summed E-state index contributed by atoms with van der Waals surface area (Å²) in [5, 5.41) is -0.184. The highest BCUT2D eigenvalue weighted by Crippen LogP contribution is 2.33. The third-order valence-corrected chi connectivity index (χ3v) is 4.18. The highest BCUT2D eigenvalue weighted by molar-refractivity contribution is 6.20. The molecule has 1 saturated heterocycles. The van der Waals surface area contributed by atoms with E-state index in [0.29, 0.717) is 17.4 Å². The van der Waals surface area contributed by atoms with E-state index in [2.05, 4.69) is 31.5 Å². The van der Waals surface area contributed by atoms with Crippen molar-refractivity contribution >= 4 is 22.8 Å². The van der Waals surface area contributed by atoms with Gasteiger partial charge in [0.1, 0.15) is 12.2 Å². The Bertz CT molecular complexity index is 642. The zero-order valence-electron chi connectivity index (χ0n) is 12.6. The van der Waals surface area contributed by atoms with Crippen molar-refractivity contribution in [2.24, 2.45) is 0 Å². The Morgan fingerprint density at radius 2 is 2.24 bits per heavy atom. The van der Waals surface area contributed by atoms with Crippen LogP contribution in [0.25, 0.3) is 11.2 Å². The van der Waals surface area contributed by atoms with Crippen LogP contribution < -0.4 is 4.74 Å². The molecule has 2 aromatic rings. The minimum absolute atomic E-state index is 0.184. The van der Waals surface area contributed by atoms with Crippen LogP contribution in [-0.4, -0.2) is 51.7 Å². The number of ether oxygens (including phenoxy) is 1. The lowest BCUT2D eigenvalue weighted by Gasteiger charge is -2.31. The molecular weight excluding hydrogens is 290 g/mol. The van der Waals surface area contributed by atoms with Gasteiger partial charge < -0.3 is 14.2 Å². The average Bonchev–Trinajstić information content (AvgIpc) is 2.86. The van der Waals surface area contributed by atoms with Crippen LogP contribution in [0.3, 0.4) is 0 Å². The predicted molar refractivity (Wildman–Crippen MR) is 81.9 cm³/mol. The Hall–Kier alpha value is -1.40. The zero-order chi connectivity index (χ0) is 15.0. The molecule has 3 rings (SSSR count). The highest BCUT2D eigenvalue weighted by atomic mass is 35.5. The number of nitrogens with zero attached hydrogens (tertiary/aromatic N) is 5. The van der Waals surface area contributed by atoms with Crippen molar-refractivity contribution in [3.63, 3.8) is 0 Å². The third kappa shape index (κ3) is 2.58. The van der Waals surface area contributed by atoms with Crippen LogP contribution in [0.5, 0.6) is 5.88 Å². The fraction of sp³-hybridized carbons (Fsp3) is 0.643. The fourth-order valence-electron chi connectivity index (χ4n) is 3.04. The maximum absolute atomic E-state index is 6.34. The molecule has 6 nitrogen and oxygen atoms in total. The van der Waals surface area contributed by atoms with Gasteiger partial charge in [0.15, 0.2) is 11.2 Å². The van der Waals surface area contributed by atoms with Gasteiger partial charge in [-0.15, -0.1) is 11.6 Å². The number of likely N-dealkylation sites (tertiary alicyclic amines) is 1. The second-order valence-corrected chi connectivity index (χ2v) is 6.22. The lowest BCUT2D eigenvalue weighted by molar-refractivity contribution is 0.212. The minimum atomic E-state index is -0.184. The third-order valence-electron chi connectivity index (χ3n) is 3.98. The number of hydrogen-bond acceptors (Lipinski definition) is 5. The van der Waals surface area contributed by atoms with Crippen molar-refractivity contribution in [1.29, 1.82) is 0 Å². The minimum Gasteiger partial charge on any atom is -0.479 e. The molecule has 2 unspecified atom stereocenters. The van der Waals surface area contributed by atoms with Gasteiger partial charge in [-0.05, 0) is 33.4 Å². The van der Waals surface area contributed by atoms with Crippen molar-refractivity contribution in [3.05, 3.63) is 12.2 Å². The smallest absolute Gasteiger partial charge is 0.245 e. The first-order chi connectivity index (χ1) is 10.1. The average molecular weight is 310 g/mol. The molecule has 0 bridgehead atoms. The van der Waals surface area contributed by atoms with E-state index in [1.807, 2.05) is 6.92 Å². The summed E-state index contributed by atoms with van der Waals surface area (Å²) >= 11 is 6.34. The normalized spacial score (nSPS) is 21.6. The van der Waals surface area contributed by atoms with Gasteiger partial charge in [-0.25, -0.2) is 9.97 Å². The van der Waals surface area contributed by atoms with Gasteiger partial charge in [0, 0.05) is 12.6 Å². The summed E-state index contributed by atoms with van der Waals surface area (Å²) in [6, 6.07) is 0.338. The zero-order valence-corrected chi connectivity index (χ0v) is 13.3. The summed E-state index contributed by atoms with van der Waals surface area (Å²) in [7, 11) is 3.74. The van der Waals surface area contributed by atoms with E-state index in [9.17, 15) is 0 Å². The molecule has 0 spiro atoms.